The number of aromatic nitrogens is 2. The van der Waals surface area contributed by atoms with Gasteiger partial charge in [-0.15, -0.1) is 0 Å². The van der Waals surface area contributed by atoms with Crippen molar-refractivity contribution in [3.8, 4) is 0 Å². The van der Waals surface area contributed by atoms with Crippen LogP contribution in [0.25, 0.3) is 0 Å². The number of rotatable bonds is 2. The summed E-state index contributed by atoms with van der Waals surface area (Å²) in [5.41, 5.74) is 1.26. The van der Waals surface area contributed by atoms with E-state index < -0.39 is 5.97 Å². The highest BCUT2D eigenvalue weighted by atomic mass is 16.5. The van der Waals surface area contributed by atoms with Crippen molar-refractivity contribution in [3.63, 3.8) is 0 Å². The normalized spacial score (nSPS) is 13.0. The Bertz CT molecular complexity index is 452. The van der Waals surface area contributed by atoms with Gasteiger partial charge in [0.2, 0.25) is 0 Å². The summed E-state index contributed by atoms with van der Waals surface area (Å²) in [5, 5.41) is 6.81. The van der Waals surface area contributed by atoms with Crippen molar-refractivity contribution in [1.82, 2.24) is 15.1 Å². The lowest BCUT2D eigenvalue weighted by Crippen LogP contribution is -2.35. The number of amides is 1. The van der Waals surface area contributed by atoms with Crippen LogP contribution in [0.1, 0.15) is 47.3 Å². The molecule has 0 atom stereocenters. The maximum Gasteiger partial charge on any atom is 0.359 e. The second-order valence-corrected chi connectivity index (χ2v) is 3.52. The highest BCUT2D eigenvalue weighted by Crippen LogP contribution is 2.16. The van der Waals surface area contributed by atoms with E-state index in [0.717, 1.165) is 0 Å². The third-order valence-corrected chi connectivity index (χ3v) is 2.48. The van der Waals surface area contributed by atoms with Gasteiger partial charge in [-0.25, -0.2) is 4.79 Å². The van der Waals surface area contributed by atoms with Crippen LogP contribution in [0, 0.1) is 6.92 Å². The molecule has 6 heteroatoms. The Hall–Kier alpha value is -1.85. The Balaban J connectivity index is 0.000000771. The zero-order valence-corrected chi connectivity index (χ0v) is 11.2. The van der Waals surface area contributed by atoms with Crippen LogP contribution in [0.3, 0.4) is 0 Å². The molecule has 0 spiro atoms. The predicted molar refractivity (Wildman–Crippen MR) is 66.6 cm³/mol. The standard InChI is InChI=1S/C10H13N3O3.C2H6/c1-3-16-10(15)7-6(2)8-9(14)11-4-5-13(8)12-7;1-2/h3-5H2,1-2H3,(H,11,14);1-2H3. The van der Waals surface area contributed by atoms with Gasteiger partial charge in [0.15, 0.2) is 5.69 Å². The first-order valence-electron chi connectivity index (χ1n) is 6.18. The lowest BCUT2D eigenvalue weighted by Gasteiger charge is -2.14. The van der Waals surface area contributed by atoms with Crippen LogP contribution in [0.15, 0.2) is 0 Å². The number of nitrogens with one attached hydrogen (secondary N) is 1. The van der Waals surface area contributed by atoms with Gasteiger partial charge in [0.1, 0.15) is 5.69 Å². The van der Waals surface area contributed by atoms with Crippen molar-refractivity contribution in [1.29, 1.82) is 0 Å². The van der Waals surface area contributed by atoms with Gasteiger partial charge in [0.05, 0.1) is 13.2 Å². The number of hydrogen-bond donors (Lipinski definition) is 1. The zero-order valence-electron chi connectivity index (χ0n) is 11.2. The summed E-state index contributed by atoms with van der Waals surface area (Å²) in [6.45, 7) is 8.86. The Kier molecular flexibility index (Phi) is 4.88. The minimum Gasteiger partial charge on any atom is -0.461 e. The van der Waals surface area contributed by atoms with E-state index in [0.29, 0.717) is 31.0 Å². The highest BCUT2D eigenvalue weighted by Gasteiger charge is 2.27. The number of esters is 1. The van der Waals surface area contributed by atoms with Gasteiger partial charge in [-0.2, -0.15) is 5.10 Å². The fourth-order valence-electron chi connectivity index (χ4n) is 1.75. The molecule has 0 radical (unpaired) electrons. The van der Waals surface area contributed by atoms with Gasteiger partial charge in [0, 0.05) is 12.1 Å². The second kappa shape index (κ2) is 6.18. The molecule has 100 valence electrons. The first kappa shape index (κ1) is 14.2. The molecule has 6 nitrogen and oxygen atoms in total. The number of hydrogen-bond acceptors (Lipinski definition) is 4. The topological polar surface area (TPSA) is 73.2 Å². The summed E-state index contributed by atoms with van der Waals surface area (Å²) in [6, 6.07) is 0. The van der Waals surface area contributed by atoms with E-state index in [4.69, 9.17) is 4.74 Å². The number of carbonyl (C=O) groups is 2. The third kappa shape index (κ3) is 2.52. The zero-order chi connectivity index (χ0) is 13.7. The SMILES string of the molecule is CC.CCOC(=O)c1nn2c(c1C)C(=O)NCC2. The average molecular weight is 253 g/mol. The van der Waals surface area contributed by atoms with E-state index >= 15 is 0 Å². The molecule has 2 rings (SSSR count). The Morgan fingerprint density at radius 1 is 1.50 bits per heavy atom. The minimum atomic E-state index is -0.477. The van der Waals surface area contributed by atoms with Gasteiger partial charge in [0.25, 0.3) is 5.91 Å². The molecule has 1 amide bonds. The monoisotopic (exact) mass is 253 g/mol. The minimum absolute atomic E-state index is 0.188. The molecular weight excluding hydrogens is 234 g/mol. The highest BCUT2D eigenvalue weighted by molar-refractivity contribution is 5.98. The summed E-state index contributed by atoms with van der Waals surface area (Å²) in [6.07, 6.45) is 0. The largest absolute Gasteiger partial charge is 0.461 e. The summed E-state index contributed by atoms with van der Waals surface area (Å²) >= 11 is 0. The quantitative estimate of drug-likeness (QED) is 0.802. The predicted octanol–water partition coefficient (Wildman–Crippen LogP) is 1.14. The molecule has 0 fully saturated rings. The van der Waals surface area contributed by atoms with Crippen molar-refractivity contribution in [2.75, 3.05) is 13.2 Å². The van der Waals surface area contributed by atoms with E-state index in [2.05, 4.69) is 10.4 Å². The van der Waals surface area contributed by atoms with E-state index in [1.165, 1.54) is 0 Å². The van der Waals surface area contributed by atoms with Gasteiger partial charge in [-0.05, 0) is 13.8 Å². The maximum absolute atomic E-state index is 11.6. The van der Waals surface area contributed by atoms with E-state index in [9.17, 15) is 9.59 Å². The Labute approximate surface area is 106 Å². The molecule has 2 heterocycles. The van der Waals surface area contributed by atoms with Gasteiger partial charge < -0.3 is 10.1 Å². The summed E-state index contributed by atoms with van der Waals surface area (Å²) in [7, 11) is 0. The molecule has 0 unspecified atom stereocenters. The first-order valence-corrected chi connectivity index (χ1v) is 6.18. The van der Waals surface area contributed by atoms with Crippen molar-refractivity contribution in [2.45, 2.75) is 34.2 Å². The Morgan fingerprint density at radius 2 is 2.17 bits per heavy atom. The lowest BCUT2D eigenvalue weighted by atomic mass is 10.2. The van der Waals surface area contributed by atoms with Crippen LogP contribution in [0.5, 0.6) is 0 Å². The molecule has 0 saturated carbocycles. The maximum atomic E-state index is 11.6. The summed E-state index contributed by atoms with van der Waals surface area (Å²) < 4.78 is 6.43. The second-order valence-electron chi connectivity index (χ2n) is 3.52. The summed E-state index contributed by atoms with van der Waals surface area (Å²) in [5.74, 6) is -0.665. The van der Waals surface area contributed by atoms with Crippen molar-refractivity contribution in [2.24, 2.45) is 0 Å². The molecule has 0 saturated heterocycles. The van der Waals surface area contributed by atoms with Crippen LogP contribution < -0.4 is 5.32 Å². The van der Waals surface area contributed by atoms with Crippen molar-refractivity contribution < 1.29 is 14.3 Å². The van der Waals surface area contributed by atoms with Crippen molar-refractivity contribution in [3.05, 3.63) is 17.0 Å². The number of fused-ring (bicyclic) bond motifs is 1. The molecule has 1 aliphatic heterocycles. The van der Waals surface area contributed by atoms with Gasteiger partial charge in [-0.3, -0.25) is 9.48 Å². The molecule has 1 aromatic heterocycles. The molecule has 0 aromatic carbocycles. The lowest BCUT2D eigenvalue weighted by molar-refractivity contribution is 0.0517. The Morgan fingerprint density at radius 3 is 2.72 bits per heavy atom. The van der Waals surface area contributed by atoms with Crippen molar-refractivity contribution >= 4 is 11.9 Å². The summed E-state index contributed by atoms with van der Waals surface area (Å²) in [4.78, 5) is 23.1. The average Bonchev–Trinajstić information content (AvgIpc) is 2.71. The van der Waals surface area contributed by atoms with Gasteiger partial charge >= 0.3 is 5.97 Å². The van der Waals surface area contributed by atoms with Crippen LogP contribution in [-0.2, 0) is 11.3 Å². The fraction of sp³-hybridized carbons (Fsp3) is 0.583. The fourth-order valence-corrected chi connectivity index (χ4v) is 1.75. The molecule has 0 aliphatic carbocycles. The molecule has 0 bridgehead atoms. The molecule has 1 aromatic rings. The van der Waals surface area contributed by atoms with Crippen LogP contribution in [0.4, 0.5) is 0 Å². The van der Waals surface area contributed by atoms with Gasteiger partial charge in [-0.1, -0.05) is 13.8 Å². The molecule has 1 N–H and O–H groups in total. The van der Waals surface area contributed by atoms with E-state index in [1.54, 1.807) is 18.5 Å². The number of ether oxygens (including phenoxy) is 1. The van der Waals surface area contributed by atoms with Crippen LogP contribution in [-0.4, -0.2) is 34.8 Å². The first-order chi connectivity index (χ1) is 8.65. The van der Waals surface area contributed by atoms with Crippen LogP contribution >= 0.6 is 0 Å². The van der Waals surface area contributed by atoms with E-state index in [1.807, 2.05) is 13.8 Å². The molecule has 1 aliphatic rings. The smallest absolute Gasteiger partial charge is 0.359 e. The van der Waals surface area contributed by atoms with Crippen LogP contribution in [0.2, 0.25) is 0 Å². The molecule has 18 heavy (non-hydrogen) atoms. The molecular formula is C12H19N3O3. The van der Waals surface area contributed by atoms with E-state index in [-0.39, 0.29) is 11.6 Å². The number of nitrogens with zero attached hydrogens (tertiary/aromatic N) is 2. The number of carbonyl (C=O) groups excluding carboxylic acids is 2. The third-order valence-electron chi connectivity index (χ3n) is 2.48.